The molecule has 0 aliphatic heterocycles. The molecule has 1 aromatic carbocycles. The van der Waals surface area contributed by atoms with E-state index < -0.39 is 5.97 Å². The van der Waals surface area contributed by atoms with Crippen LogP contribution in [0.25, 0.3) is 0 Å². The zero-order valence-electron chi connectivity index (χ0n) is 14.8. The van der Waals surface area contributed by atoms with E-state index in [9.17, 15) is 9.59 Å². The van der Waals surface area contributed by atoms with E-state index in [0.717, 1.165) is 11.4 Å². The summed E-state index contributed by atoms with van der Waals surface area (Å²) in [5.74, 6) is 0.0485. The number of benzene rings is 1. The second kappa shape index (κ2) is 8.66. The molecule has 2 heterocycles. The Hall–Kier alpha value is -3.61. The predicted octanol–water partition coefficient (Wildman–Crippen LogP) is 3.72. The zero-order valence-corrected chi connectivity index (χ0v) is 14.8. The maximum absolute atomic E-state index is 12.4. The van der Waals surface area contributed by atoms with Crippen LogP contribution in [-0.2, 0) is 11.3 Å². The van der Waals surface area contributed by atoms with Crippen molar-refractivity contribution in [1.29, 1.82) is 0 Å². The highest BCUT2D eigenvalue weighted by Gasteiger charge is 2.10. The number of esters is 1. The molecule has 3 rings (SSSR count). The Labute approximate surface area is 156 Å². The lowest BCUT2D eigenvalue weighted by Gasteiger charge is -2.08. The normalized spacial score (nSPS) is 10.3. The molecule has 0 atom stereocenters. The minimum atomic E-state index is -0.396. The van der Waals surface area contributed by atoms with Gasteiger partial charge in [0.25, 0.3) is 5.91 Å². The SMILES string of the molecule is CCOC(=O)c1ccc(NC(=O)c2cc(NCc3ccco3)ccn2)cc1. The van der Waals surface area contributed by atoms with Crippen molar-refractivity contribution in [1.82, 2.24) is 4.98 Å². The van der Waals surface area contributed by atoms with Crippen LogP contribution in [0.15, 0.2) is 65.4 Å². The van der Waals surface area contributed by atoms with Crippen LogP contribution >= 0.6 is 0 Å². The van der Waals surface area contributed by atoms with E-state index >= 15 is 0 Å². The van der Waals surface area contributed by atoms with E-state index in [1.54, 1.807) is 55.8 Å². The van der Waals surface area contributed by atoms with Crippen molar-refractivity contribution in [2.75, 3.05) is 17.2 Å². The third kappa shape index (κ3) is 4.94. The van der Waals surface area contributed by atoms with E-state index in [-0.39, 0.29) is 11.6 Å². The van der Waals surface area contributed by atoms with Gasteiger partial charge in [-0.15, -0.1) is 0 Å². The molecule has 0 unspecified atom stereocenters. The first-order valence-corrected chi connectivity index (χ1v) is 8.46. The molecular formula is C20H19N3O4. The number of aromatic nitrogens is 1. The summed E-state index contributed by atoms with van der Waals surface area (Å²) in [5.41, 5.74) is 2.01. The number of anilines is 2. The van der Waals surface area contributed by atoms with Crippen molar-refractivity contribution in [2.24, 2.45) is 0 Å². The van der Waals surface area contributed by atoms with Crippen LogP contribution in [0.1, 0.15) is 33.5 Å². The summed E-state index contributed by atoms with van der Waals surface area (Å²) in [4.78, 5) is 28.2. The molecule has 7 heteroatoms. The van der Waals surface area contributed by atoms with Crippen LogP contribution < -0.4 is 10.6 Å². The molecule has 2 aromatic heterocycles. The van der Waals surface area contributed by atoms with Gasteiger partial charge in [0.1, 0.15) is 11.5 Å². The molecule has 0 aliphatic carbocycles. The second-order valence-electron chi connectivity index (χ2n) is 5.61. The highest BCUT2D eigenvalue weighted by atomic mass is 16.5. The number of carbonyl (C=O) groups is 2. The zero-order chi connectivity index (χ0) is 19.1. The molecule has 0 saturated heterocycles. The minimum absolute atomic E-state index is 0.272. The van der Waals surface area contributed by atoms with Crippen LogP contribution in [-0.4, -0.2) is 23.5 Å². The van der Waals surface area contributed by atoms with Gasteiger partial charge in [-0.2, -0.15) is 0 Å². The fourth-order valence-electron chi connectivity index (χ4n) is 2.37. The first kappa shape index (κ1) is 18.2. The number of rotatable bonds is 7. The van der Waals surface area contributed by atoms with Crippen molar-refractivity contribution < 1.29 is 18.7 Å². The Morgan fingerprint density at radius 3 is 2.63 bits per heavy atom. The predicted molar refractivity (Wildman–Crippen MR) is 101 cm³/mol. The van der Waals surface area contributed by atoms with Gasteiger partial charge in [-0.25, -0.2) is 4.79 Å². The molecule has 2 N–H and O–H groups in total. The summed E-state index contributed by atoms with van der Waals surface area (Å²) in [7, 11) is 0. The Morgan fingerprint density at radius 1 is 1.11 bits per heavy atom. The monoisotopic (exact) mass is 365 g/mol. The molecule has 0 radical (unpaired) electrons. The molecule has 0 bridgehead atoms. The van der Waals surface area contributed by atoms with Crippen molar-refractivity contribution in [3.05, 3.63) is 78.0 Å². The Kier molecular flexibility index (Phi) is 5.84. The van der Waals surface area contributed by atoms with E-state index in [4.69, 9.17) is 9.15 Å². The number of furan rings is 1. The van der Waals surface area contributed by atoms with Crippen molar-refractivity contribution >= 4 is 23.3 Å². The number of amides is 1. The van der Waals surface area contributed by atoms with Gasteiger partial charge < -0.3 is 19.8 Å². The summed E-state index contributed by atoms with van der Waals surface area (Å²) in [6.45, 7) is 2.57. The lowest BCUT2D eigenvalue weighted by Crippen LogP contribution is -2.14. The summed E-state index contributed by atoms with van der Waals surface area (Å²) in [6, 6.07) is 13.6. The van der Waals surface area contributed by atoms with Crippen LogP contribution in [0.3, 0.4) is 0 Å². The molecule has 138 valence electrons. The smallest absolute Gasteiger partial charge is 0.338 e. The summed E-state index contributed by atoms with van der Waals surface area (Å²) in [6.07, 6.45) is 3.17. The van der Waals surface area contributed by atoms with E-state index in [2.05, 4.69) is 15.6 Å². The average Bonchev–Trinajstić information content (AvgIpc) is 3.21. The molecule has 7 nitrogen and oxygen atoms in total. The van der Waals surface area contributed by atoms with Gasteiger partial charge in [-0.1, -0.05) is 0 Å². The number of pyridine rings is 1. The van der Waals surface area contributed by atoms with Crippen LogP contribution in [0.2, 0.25) is 0 Å². The highest BCUT2D eigenvalue weighted by molar-refractivity contribution is 6.03. The molecule has 0 aliphatic rings. The number of hydrogen-bond acceptors (Lipinski definition) is 6. The van der Waals surface area contributed by atoms with Gasteiger partial charge in [0.2, 0.25) is 0 Å². The number of hydrogen-bond donors (Lipinski definition) is 2. The van der Waals surface area contributed by atoms with E-state index in [0.29, 0.717) is 24.4 Å². The maximum Gasteiger partial charge on any atom is 0.338 e. The lowest BCUT2D eigenvalue weighted by molar-refractivity contribution is 0.0526. The largest absolute Gasteiger partial charge is 0.467 e. The Bertz CT molecular complexity index is 905. The van der Waals surface area contributed by atoms with E-state index in [1.165, 1.54) is 0 Å². The molecule has 0 fully saturated rings. The van der Waals surface area contributed by atoms with E-state index in [1.807, 2.05) is 12.1 Å². The molecule has 3 aromatic rings. The fourth-order valence-corrected chi connectivity index (χ4v) is 2.37. The first-order chi connectivity index (χ1) is 13.2. The summed E-state index contributed by atoms with van der Waals surface area (Å²) < 4.78 is 10.2. The highest BCUT2D eigenvalue weighted by Crippen LogP contribution is 2.14. The van der Waals surface area contributed by atoms with Gasteiger partial charge in [-0.3, -0.25) is 9.78 Å². The quantitative estimate of drug-likeness (QED) is 0.620. The Morgan fingerprint density at radius 2 is 1.93 bits per heavy atom. The standard InChI is InChI=1S/C20H19N3O4/c1-2-26-20(25)14-5-7-15(8-6-14)23-19(24)18-12-16(9-10-21-18)22-13-17-4-3-11-27-17/h3-12H,2,13H2,1H3,(H,21,22)(H,23,24). The molecule has 0 saturated carbocycles. The molecule has 1 amide bonds. The van der Waals surface area contributed by atoms with Crippen molar-refractivity contribution in [2.45, 2.75) is 13.5 Å². The summed E-state index contributed by atoms with van der Waals surface area (Å²) >= 11 is 0. The van der Waals surface area contributed by atoms with Crippen molar-refractivity contribution in [3.8, 4) is 0 Å². The van der Waals surface area contributed by atoms with Crippen LogP contribution in [0.5, 0.6) is 0 Å². The van der Waals surface area contributed by atoms with Gasteiger partial charge in [-0.05, 0) is 55.5 Å². The first-order valence-electron chi connectivity index (χ1n) is 8.46. The maximum atomic E-state index is 12.4. The van der Waals surface area contributed by atoms with Gasteiger partial charge in [0.05, 0.1) is 25.0 Å². The second-order valence-corrected chi connectivity index (χ2v) is 5.61. The molecule has 0 spiro atoms. The van der Waals surface area contributed by atoms with Crippen LogP contribution in [0.4, 0.5) is 11.4 Å². The number of nitrogens with one attached hydrogen (secondary N) is 2. The number of ether oxygens (including phenoxy) is 1. The van der Waals surface area contributed by atoms with Crippen molar-refractivity contribution in [3.63, 3.8) is 0 Å². The fraction of sp³-hybridized carbons (Fsp3) is 0.150. The van der Waals surface area contributed by atoms with Gasteiger partial charge in [0.15, 0.2) is 0 Å². The average molecular weight is 365 g/mol. The molecule has 27 heavy (non-hydrogen) atoms. The van der Waals surface area contributed by atoms with Gasteiger partial charge >= 0.3 is 5.97 Å². The van der Waals surface area contributed by atoms with Gasteiger partial charge in [0, 0.05) is 17.6 Å². The minimum Gasteiger partial charge on any atom is -0.467 e. The van der Waals surface area contributed by atoms with Crippen LogP contribution in [0, 0.1) is 0 Å². The molecular weight excluding hydrogens is 346 g/mol. The number of nitrogens with zero attached hydrogens (tertiary/aromatic N) is 1. The Balaban J connectivity index is 1.62. The lowest BCUT2D eigenvalue weighted by atomic mass is 10.2. The topological polar surface area (TPSA) is 93.5 Å². The third-order valence-electron chi connectivity index (χ3n) is 3.69. The number of carbonyl (C=O) groups excluding carboxylic acids is 2. The third-order valence-corrected chi connectivity index (χ3v) is 3.69. The summed E-state index contributed by atoms with van der Waals surface area (Å²) in [5, 5.41) is 5.93.